The molecular weight excluding hydrogens is 695 g/mol. The van der Waals surface area contributed by atoms with Crippen molar-refractivity contribution < 1.29 is 24.5 Å². The lowest BCUT2D eigenvalue weighted by Gasteiger charge is -2.24. The van der Waals surface area contributed by atoms with Crippen LogP contribution in [0.25, 0.3) is 0 Å². The lowest BCUT2D eigenvalue weighted by atomic mass is 10.0. The number of ether oxygens (including phenoxy) is 1. The predicted octanol–water partition coefficient (Wildman–Crippen LogP) is 14.1. The van der Waals surface area contributed by atoms with Gasteiger partial charge in [0, 0.05) is 6.42 Å². The van der Waals surface area contributed by atoms with E-state index in [1.165, 1.54) is 128 Å². The minimum absolute atomic E-state index is 0.0547. The Kier molecular flexibility index (Phi) is 42.7. The summed E-state index contributed by atoms with van der Waals surface area (Å²) in [6.07, 6.45) is 50.6. The summed E-state index contributed by atoms with van der Waals surface area (Å²) in [4.78, 5) is 26.0. The van der Waals surface area contributed by atoms with Crippen molar-refractivity contribution in [2.45, 2.75) is 264 Å². The number of nitrogens with one attached hydrogen (secondary N) is 1. The third-order valence-corrected chi connectivity index (χ3v) is 11.0. The highest BCUT2D eigenvalue weighted by atomic mass is 16.5. The number of unbranched alkanes of at least 4 members (excludes halogenated alkanes) is 25. The van der Waals surface area contributed by atoms with Crippen LogP contribution >= 0.6 is 0 Å². The fourth-order valence-corrected chi connectivity index (χ4v) is 7.26. The number of aliphatic hydroxyl groups is 2. The number of rotatable bonds is 43. The van der Waals surface area contributed by atoms with Gasteiger partial charge in [0.1, 0.15) is 6.10 Å². The number of hydrogen-bond donors (Lipinski definition) is 3. The van der Waals surface area contributed by atoms with E-state index in [1.807, 2.05) is 0 Å². The second-order valence-corrected chi connectivity index (χ2v) is 16.5. The van der Waals surface area contributed by atoms with Gasteiger partial charge >= 0.3 is 5.97 Å². The summed E-state index contributed by atoms with van der Waals surface area (Å²) in [5.74, 6) is -0.508. The molecule has 0 aliphatic carbocycles. The van der Waals surface area contributed by atoms with E-state index in [-0.39, 0.29) is 24.9 Å². The normalized spacial score (nSPS) is 13.6. The molecule has 3 N–H and O–H groups in total. The van der Waals surface area contributed by atoms with Gasteiger partial charge in [-0.15, -0.1) is 0 Å². The standard InChI is InChI=1S/C50H93NO5/c1-4-7-10-13-16-19-21-23-24-26-27-30-32-35-38-41-46(56-50(55)43-40-37-34-29-18-15-12-9-6-3)44-49(54)51-47(45-52)48(53)42-39-36-33-31-28-25-22-20-17-14-11-8-5-2/h16,19,23-24,27,30,46-48,52-53H,4-15,17-18,20-22,25-26,28-29,31-45H2,1-3H3,(H,51,54)/b19-16-,24-23-,30-27-. The van der Waals surface area contributed by atoms with E-state index >= 15 is 0 Å². The van der Waals surface area contributed by atoms with Gasteiger partial charge in [-0.25, -0.2) is 0 Å². The zero-order chi connectivity index (χ0) is 41.0. The third kappa shape index (κ3) is 38.9. The Hall–Kier alpha value is -1.92. The molecule has 56 heavy (non-hydrogen) atoms. The molecule has 0 aliphatic heterocycles. The zero-order valence-electron chi connectivity index (χ0n) is 37.3. The topological polar surface area (TPSA) is 95.9 Å². The molecule has 0 fully saturated rings. The Morgan fingerprint density at radius 2 is 0.911 bits per heavy atom. The minimum Gasteiger partial charge on any atom is -0.462 e. The van der Waals surface area contributed by atoms with Crippen molar-refractivity contribution >= 4 is 11.9 Å². The lowest BCUT2D eigenvalue weighted by molar-refractivity contribution is -0.151. The second kappa shape index (κ2) is 44.2. The van der Waals surface area contributed by atoms with Gasteiger partial charge in [0.2, 0.25) is 5.91 Å². The lowest BCUT2D eigenvalue weighted by Crippen LogP contribution is -2.46. The molecule has 3 unspecified atom stereocenters. The number of amides is 1. The first-order valence-electron chi connectivity index (χ1n) is 24.2. The molecule has 0 heterocycles. The maximum Gasteiger partial charge on any atom is 0.306 e. The van der Waals surface area contributed by atoms with Crippen LogP contribution in [0.5, 0.6) is 0 Å². The second-order valence-electron chi connectivity index (χ2n) is 16.5. The number of allylic oxidation sites excluding steroid dienone is 6. The first-order chi connectivity index (χ1) is 27.5. The van der Waals surface area contributed by atoms with Crippen LogP contribution < -0.4 is 5.32 Å². The molecule has 0 rings (SSSR count). The molecule has 0 aromatic rings. The average Bonchev–Trinajstić information content (AvgIpc) is 3.19. The summed E-state index contributed by atoms with van der Waals surface area (Å²) in [6, 6.07) is -0.709. The predicted molar refractivity (Wildman–Crippen MR) is 241 cm³/mol. The van der Waals surface area contributed by atoms with Gasteiger partial charge in [0.05, 0.1) is 25.2 Å². The number of carbonyl (C=O) groups is 2. The molecule has 6 heteroatoms. The number of esters is 1. The van der Waals surface area contributed by atoms with E-state index in [9.17, 15) is 19.8 Å². The molecule has 0 spiro atoms. The molecule has 1 amide bonds. The van der Waals surface area contributed by atoms with Crippen molar-refractivity contribution in [3.63, 3.8) is 0 Å². The van der Waals surface area contributed by atoms with Crippen molar-refractivity contribution in [3.8, 4) is 0 Å². The Morgan fingerprint density at radius 1 is 0.518 bits per heavy atom. The van der Waals surface area contributed by atoms with Gasteiger partial charge in [-0.3, -0.25) is 9.59 Å². The van der Waals surface area contributed by atoms with Crippen LogP contribution in [0.15, 0.2) is 36.5 Å². The highest BCUT2D eigenvalue weighted by molar-refractivity contribution is 5.77. The van der Waals surface area contributed by atoms with Gasteiger partial charge in [-0.2, -0.15) is 0 Å². The van der Waals surface area contributed by atoms with Crippen LogP contribution in [0.2, 0.25) is 0 Å². The Morgan fingerprint density at radius 3 is 1.39 bits per heavy atom. The summed E-state index contributed by atoms with van der Waals surface area (Å²) in [5, 5.41) is 23.7. The molecule has 0 aromatic heterocycles. The van der Waals surface area contributed by atoms with E-state index in [4.69, 9.17) is 4.74 Å². The number of hydrogen-bond acceptors (Lipinski definition) is 5. The molecule has 0 saturated carbocycles. The average molecular weight is 788 g/mol. The Balaban J connectivity index is 4.62. The molecule has 6 nitrogen and oxygen atoms in total. The zero-order valence-corrected chi connectivity index (χ0v) is 37.3. The molecular formula is C50H93NO5. The van der Waals surface area contributed by atoms with E-state index in [1.54, 1.807) is 0 Å². The highest BCUT2D eigenvalue weighted by Crippen LogP contribution is 2.17. The molecule has 0 radical (unpaired) electrons. The van der Waals surface area contributed by atoms with Crippen LogP contribution in [0.3, 0.4) is 0 Å². The van der Waals surface area contributed by atoms with Gasteiger partial charge < -0.3 is 20.3 Å². The van der Waals surface area contributed by atoms with Crippen LogP contribution in [-0.4, -0.2) is 46.9 Å². The molecule has 328 valence electrons. The minimum atomic E-state index is -0.794. The number of aliphatic hydroxyl groups excluding tert-OH is 2. The number of carbonyl (C=O) groups excluding carboxylic acids is 2. The van der Waals surface area contributed by atoms with Crippen LogP contribution in [0.4, 0.5) is 0 Å². The van der Waals surface area contributed by atoms with Crippen LogP contribution in [0, 0.1) is 0 Å². The Bertz CT molecular complexity index is 930. The largest absolute Gasteiger partial charge is 0.462 e. The van der Waals surface area contributed by atoms with E-state index < -0.39 is 18.2 Å². The van der Waals surface area contributed by atoms with Gasteiger partial charge in [-0.05, 0) is 64.2 Å². The summed E-state index contributed by atoms with van der Waals surface area (Å²) in [5.41, 5.74) is 0. The van der Waals surface area contributed by atoms with Crippen LogP contribution in [0.1, 0.15) is 245 Å². The molecule has 3 atom stereocenters. The van der Waals surface area contributed by atoms with Crippen molar-refractivity contribution in [3.05, 3.63) is 36.5 Å². The maximum absolute atomic E-state index is 13.1. The van der Waals surface area contributed by atoms with E-state index in [0.717, 1.165) is 70.6 Å². The van der Waals surface area contributed by atoms with Crippen molar-refractivity contribution in [1.82, 2.24) is 5.32 Å². The van der Waals surface area contributed by atoms with E-state index in [0.29, 0.717) is 19.3 Å². The van der Waals surface area contributed by atoms with Crippen molar-refractivity contribution in [2.24, 2.45) is 0 Å². The SMILES string of the molecule is CCCCC/C=C\C/C=C\C/C=C\CCCCC(CC(=O)NC(CO)C(O)CCCCCCCCCCCCCCC)OC(=O)CCCCCCCCCCC. The quantitative estimate of drug-likeness (QED) is 0.0325. The van der Waals surface area contributed by atoms with Crippen LogP contribution in [-0.2, 0) is 14.3 Å². The summed E-state index contributed by atoms with van der Waals surface area (Å²) in [6.45, 7) is 6.42. The summed E-state index contributed by atoms with van der Waals surface area (Å²) in [7, 11) is 0. The third-order valence-electron chi connectivity index (χ3n) is 11.0. The maximum atomic E-state index is 13.1. The van der Waals surface area contributed by atoms with Crippen molar-refractivity contribution in [2.75, 3.05) is 6.61 Å². The van der Waals surface area contributed by atoms with Gasteiger partial charge in [-0.1, -0.05) is 205 Å². The Labute approximate surface area is 347 Å². The van der Waals surface area contributed by atoms with E-state index in [2.05, 4.69) is 62.5 Å². The van der Waals surface area contributed by atoms with Gasteiger partial charge in [0.25, 0.3) is 0 Å². The highest BCUT2D eigenvalue weighted by Gasteiger charge is 2.24. The molecule has 0 aliphatic rings. The monoisotopic (exact) mass is 788 g/mol. The first kappa shape index (κ1) is 54.1. The fourth-order valence-electron chi connectivity index (χ4n) is 7.26. The molecule has 0 aromatic carbocycles. The molecule has 0 bridgehead atoms. The van der Waals surface area contributed by atoms with Gasteiger partial charge in [0.15, 0.2) is 0 Å². The smallest absolute Gasteiger partial charge is 0.306 e. The molecule has 0 saturated heterocycles. The fraction of sp³-hybridized carbons (Fsp3) is 0.840. The summed E-state index contributed by atoms with van der Waals surface area (Å²) < 4.78 is 5.88. The summed E-state index contributed by atoms with van der Waals surface area (Å²) >= 11 is 0. The van der Waals surface area contributed by atoms with Crippen molar-refractivity contribution in [1.29, 1.82) is 0 Å². The first-order valence-corrected chi connectivity index (χ1v) is 24.2.